The highest BCUT2D eigenvalue weighted by molar-refractivity contribution is 5.97. The first-order valence-electron chi connectivity index (χ1n) is 6.28. The fourth-order valence-electron chi connectivity index (χ4n) is 2.14. The van der Waals surface area contributed by atoms with Crippen molar-refractivity contribution >= 4 is 28.0 Å². The minimum Gasteiger partial charge on any atom is -0.399 e. The topological polar surface area (TPSA) is 74.7 Å². The highest BCUT2D eigenvalue weighted by Crippen LogP contribution is 2.30. The summed E-state index contributed by atoms with van der Waals surface area (Å²) in [6, 6.07) is 13.4. The molecule has 3 N–H and O–H groups in total. The first kappa shape index (κ1) is 12.9. The first-order chi connectivity index (χ1) is 10.2. The maximum Gasteiger partial charge on any atom is 0.125 e. The third kappa shape index (κ3) is 2.47. The number of nitriles is 1. The lowest BCUT2D eigenvalue weighted by atomic mass is 10.1. The molecule has 4 nitrogen and oxygen atoms in total. The lowest BCUT2D eigenvalue weighted by Gasteiger charge is -2.12. The van der Waals surface area contributed by atoms with E-state index in [0.717, 1.165) is 5.39 Å². The molecule has 21 heavy (non-hydrogen) atoms. The lowest BCUT2D eigenvalue weighted by Crippen LogP contribution is -1.98. The van der Waals surface area contributed by atoms with Gasteiger partial charge in [0.1, 0.15) is 11.9 Å². The summed E-state index contributed by atoms with van der Waals surface area (Å²) in [7, 11) is 0. The molecule has 0 bridgehead atoms. The number of halogens is 1. The van der Waals surface area contributed by atoms with Crippen molar-refractivity contribution in [2.24, 2.45) is 0 Å². The van der Waals surface area contributed by atoms with E-state index in [1.54, 1.807) is 30.3 Å². The number of nitrogens with zero attached hydrogens (tertiary/aromatic N) is 2. The zero-order chi connectivity index (χ0) is 14.8. The molecule has 0 aliphatic rings. The number of nitrogen functional groups attached to an aromatic ring is 1. The van der Waals surface area contributed by atoms with E-state index in [1.807, 2.05) is 0 Å². The molecule has 5 heteroatoms. The molecular formula is C16H11FN4. The average Bonchev–Trinajstić information content (AvgIpc) is 2.48. The quantitative estimate of drug-likeness (QED) is 0.703. The Morgan fingerprint density at radius 2 is 2.05 bits per heavy atom. The van der Waals surface area contributed by atoms with Gasteiger partial charge in [0.2, 0.25) is 0 Å². The van der Waals surface area contributed by atoms with Gasteiger partial charge in [-0.05, 0) is 36.4 Å². The largest absolute Gasteiger partial charge is 0.399 e. The molecule has 2 aromatic carbocycles. The Labute approximate surface area is 120 Å². The van der Waals surface area contributed by atoms with Crippen LogP contribution in [0.5, 0.6) is 0 Å². The molecule has 0 saturated heterocycles. The molecule has 0 radical (unpaired) electrons. The van der Waals surface area contributed by atoms with Gasteiger partial charge in [0.05, 0.1) is 16.8 Å². The van der Waals surface area contributed by atoms with Crippen LogP contribution in [0.25, 0.3) is 10.9 Å². The third-order valence-corrected chi connectivity index (χ3v) is 3.11. The number of fused-ring (bicyclic) bond motifs is 1. The van der Waals surface area contributed by atoms with E-state index < -0.39 is 0 Å². The van der Waals surface area contributed by atoms with Gasteiger partial charge in [0.25, 0.3) is 0 Å². The minimum absolute atomic E-state index is 0.351. The summed E-state index contributed by atoms with van der Waals surface area (Å²) >= 11 is 0. The van der Waals surface area contributed by atoms with Gasteiger partial charge in [-0.3, -0.25) is 4.98 Å². The van der Waals surface area contributed by atoms with Gasteiger partial charge < -0.3 is 11.1 Å². The summed E-state index contributed by atoms with van der Waals surface area (Å²) in [5.74, 6) is -0.351. The first-order valence-corrected chi connectivity index (χ1v) is 6.28. The number of nitrogens with two attached hydrogens (primary N) is 1. The second kappa shape index (κ2) is 5.10. The second-order valence-electron chi connectivity index (χ2n) is 4.57. The number of pyridine rings is 1. The summed E-state index contributed by atoms with van der Waals surface area (Å²) in [5, 5.41) is 13.0. The van der Waals surface area contributed by atoms with Gasteiger partial charge in [-0.15, -0.1) is 0 Å². The van der Waals surface area contributed by atoms with E-state index in [-0.39, 0.29) is 5.82 Å². The van der Waals surface area contributed by atoms with E-state index in [9.17, 15) is 9.65 Å². The predicted molar refractivity (Wildman–Crippen MR) is 80.6 cm³/mol. The van der Waals surface area contributed by atoms with E-state index in [0.29, 0.717) is 28.1 Å². The van der Waals surface area contributed by atoms with Gasteiger partial charge in [0, 0.05) is 23.0 Å². The van der Waals surface area contributed by atoms with Crippen molar-refractivity contribution in [1.29, 1.82) is 5.26 Å². The molecule has 0 spiro atoms. The fraction of sp³-hybridized carbons (Fsp3) is 0. The number of rotatable bonds is 2. The van der Waals surface area contributed by atoms with Gasteiger partial charge >= 0.3 is 0 Å². The highest BCUT2D eigenvalue weighted by Gasteiger charge is 2.10. The molecule has 102 valence electrons. The number of anilines is 3. The zero-order valence-corrected chi connectivity index (χ0v) is 11.0. The Hall–Kier alpha value is -3.13. The molecule has 0 atom stereocenters. The molecular weight excluding hydrogens is 267 g/mol. The van der Waals surface area contributed by atoms with Crippen LogP contribution in [-0.4, -0.2) is 4.98 Å². The molecule has 0 unspecified atom stereocenters. The fourth-order valence-corrected chi connectivity index (χ4v) is 2.14. The lowest BCUT2D eigenvalue weighted by molar-refractivity contribution is 0.628. The third-order valence-electron chi connectivity index (χ3n) is 3.11. The molecule has 3 rings (SSSR count). The summed E-state index contributed by atoms with van der Waals surface area (Å²) in [5.41, 5.74) is 8.58. The van der Waals surface area contributed by atoms with Crippen molar-refractivity contribution in [3.8, 4) is 6.07 Å². The van der Waals surface area contributed by atoms with Crippen LogP contribution >= 0.6 is 0 Å². The Balaban J connectivity index is 2.19. The number of nitrogens with one attached hydrogen (secondary N) is 1. The SMILES string of the molecule is N#Cc1cnc2ccc(N)cc2c1Nc1cccc(F)c1. The van der Waals surface area contributed by atoms with Crippen molar-refractivity contribution in [3.63, 3.8) is 0 Å². The smallest absolute Gasteiger partial charge is 0.125 e. The number of hydrogen-bond donors (Lipinski definition) is 2. The van der Waals surface area contributed by atoms with Crippen LogP contribution in [0.1, 0.15) is 5.56 Å². The van der Waals surface area contributed by atoms with Crippen molar-refractivity contribution in [1.82, 2.24) is 4.98 Å². The Bertz CT molecular complexity index is 868. The maximum absolute atomic E-state index is 13.3. The Morgan fingerprint density at radius 3 is 2.81 bits per heavy atom. The van der Waals surface area contributed by atoms with Crippen LogP contribution in [0.15, 0.2) is 48.7 Å². The highest BCUT2D eigenvalue weighted by atomic mass is 19.1. The standard InChI is InChI=1S/C16H11FN4/c17-11-2-1-3-13(6-11)21-16-10(8-18)9-20-15-5-4-12(19)7-14(15)16/h1-7,9H,19H2,(H,20,21). The molecule has 0 aliphatic carbocycles. The number of hydrogen-bond acceptors (Lipinski definition) is 4. The summed E-state index contributed by atoms with van der Waals surface area (Å²) in [6.45, 7) is 0. The summed E-state index contributed by atoms with van der Waals surface area (Å²) in [6.07, 6.45) is 1.49. The van der Waals surface area contributed by atoms with Crippen LogP contribution in [0, 0.1) is 17.1 Å². The van der Waals surface area contributed by atoms with Crippen molar-refractivity contribution in [2.75, 3.05) is 11.1 Å². The van der Waals surface area contributed by atoms with Crippen molar-refractivity contribution in [3.05, 3.63) is 60.0 Å². The Morgan fingerprint density at radius 1 is 1.19 bits per heavy atom. The van der Waals surface area contributed by atoms with E-state index >= 15 is 0 Å². The summed E-state index contributed by atoms with van der Waals surface area (Å²) < 4.78 is 13.3. The second-order valence-corrected chi connectivity index (χ2v) is 4.57. The number of aromatic nitrogens is 1. The van der Waals surface area contributed by atoms with E-state index in [4.69, 9.17) is 5.73 Å². The van der Waals surface area contributed by atoms with Crippen LogP contribution in [0.3, 0.4) is 0 Å². The average molecular weight is 278 g/mol. The van der Waals surface area contributed by atoms with Crippen LogP contribution in [-0.2, 0) is 0 Å². The Kier molecular flexibility index (Phi) is 3.13. The summed E-state index contributed by atoms with van der Waals surface area (Å²) in [4.78, 5) is 4.22. The van der Waals surface area contributed by atoms with Gasteiger partial charge in [0.15, 0.2) is 0 Å². The van der Waals surface area contributed by atoms with E-state index in [2.05, 4.69) is 16.4 Å². The minimum atomic E-state index is -0.351. The number of benzene rings is 2. The van der Waals surface area contributed by atoms with Crippen molar-refractivity contribution in [2.45, 2.75) is 0 Å². The van der Waals surface area contributed by atoms with Gasteiger partial charge in [-0.25, -0.2) is 4.39 Å². The van der Waals surface area contributed by atoms with E-state index in [1.165, 1.54) is 18.3 Å². The van der Waals surface area contributed by atoms with Crippen molar-refractivity contribution < 1.29 is 4.39 Å². The molecule has 1 heterocycles. The molecule has 0 amide bonds. The molecule has 3 aromatic rings. The molecule has 0 aliphatic heterocycles. The van der Waals surface area contributed by atoms with Gasteiger partial charge in [-0.2, -0.15) is 5.26 Å². The zero-order valence-electron chi connectivity index (χ0n) is 11.0. The monoisotopic (exact) mass is 278 g/mol. The maximum atomic E-state index is 13.3. The molecule has 0 fully saturated rings. The molecule has 1 aromatic heterocycles. The van der Waals surface area contributed by atoms with Gasteiger partial charge in [-0.1, -0.05) is 6.07 Å². The molecule has 0 saturated carbocycles. The normalized spacial score (nSPS) is 10.3. The van der Waals surface area contributed by atoms with Crippen LogP contribution < -0.4 is 11.1 Å². The van der Waals surface area contributed by atoms with Crippen LogP contribution in [0.2, 0.25) is 0 Å². The van der Waals surface area contributed by atoms with Crippen LogP contribution in [0.4, 0.5) is 21.5 Å². The predicted octanol–water partition coefficient (Wildman–Crippen LogP) is 3.57.